The molecule has 5 heterocycles. The van der Waals surface area contributed by atoms with E-state index in [2.05, 4.69) is 42.0 Å². The zero-order valence-electron chi connectivity index (χ0n) is 25.8. The summed E-state index contributed by atoms with van der Waals surface area (Å²) >= 11 is 0. The molecule has 0 unspecified atom stereocenters. The summed E-state index contributed by atoms with van der Waals surface area (Å²) in [5, 5.41) is 21.9. The first-order valence-corrected chi connectivity index (χ1v) is 15.1. The van der Waals surface area contributed by atoms with Gasteiger partial charge in [0.05, 0.1) is 41.4 Å². The first-order chi connectivity index (χ1) is 22.3. The van der Waals surface area contributed by atoms with Crippen molar-refractivity contribution in [3.05, 3.63) is 83.4 Å². The van der Waals surface area contributed by atoms with Crippen LogP contribution in [-0.4, -0.2) is 68.4 Å². The van der Waals surface area contributed by atoms with Crippen molar-refractivity contribution in [3.8, 4) is 22.5 Å². The van der Waals surface area contributed by atoms with E-state index >= 15 is 0 Å². The Morgan fingerprint density at radius 1 is 0.957 bits per heavy atom. The quantitative estimate of drug-likeness (QED) is 0.180. The molecule has 0 radical (unpaired) electrons. The number of piperazine rings is 1. The molecule has 0 spiro atoms. The topological polar surface area (TPSA) is 154 Å². The van der Waals surface area contributed by atoms with Crippen LogP contribution in [0.25, 0.3) is 44.3 Å². The molecule has 12 nitrogen and oxygen atoms in total. The third kappa shape index (κ3) is 5.60. The SMILES string of the molecule is Cc1cc(C)c2c(NCC(=O)OCc3c(C)ccc4c(N5CCNC(=O)C5)cc(-c5cn[nH]c5)nc34)cc(-c3cn[nH]c3)nc2c1. The maximum Gasteiger partial charge on any atom is 0.325 e. The molecule has 1 saturated heterocycles. The number of amides is 1. The van der Waals surface area contributed by atoms with Crippen molar-refractivity contribution in [2.45, 2.75) is 27.4 Å². The third-order valence-electron chi connectivity index (χ3n) is 8.32. The Balaban J connectivity index is 1.17. The van der Waals surface area contributed by atoms with Crippen LogP contribution in [0.4, 0.5) is 11.4 Å². The van der Waals surface area contributed by atoms with Crippen molar-refractivity contribution in [2.75, 3.05) is 36.4 Å². The number of nitrogens with one attached hydrogen (secondary N) is 4. The summed E-state index contributed by atoms with van der Waals surface area (Å²) in [5.41, 5.74) is 10.3. The molecule has 2 aromatic carbocycles. The van der Waals surface area contributed by atoms with Crippen LogP contribution >= 0.6 is 0 Å². The number of H-pyrrole nitrogens is 2. The van der Waals surface area contributed by atoms with Crippen molar-refractivity contribution in [2.24, 2.45) is 0 Å². The van der Waals surface area contributed by atoms with Gasteiger partial charge in [-0.3, -0.25) is 19.8 Å². The minimum absolute atomic E-state index is 0.0287. The summed E-state index contributed by atoms with van der Waals surface area (Å²) in [5.74, 6) is -0.436. The monoisotopic (exact) mass is 615 g/mol. The number of aromatic amines is 2. The summed E-state index contributed by atoms with van der Waals surface area (Å²) in [6.45, 7) is 7.54. The van der Waals surface area contributed by atoms with Gasteiger partial charge < -0.3 is 20.3 Å². The minimum Gasteiger partial charge on any atom is -0.459 e. The number of esters is 1. The van der Waals surface area contributed by atoms with Gasteiger partial charge in [0, 0.05) is 64.3 Å². The number of carbonyl (C=O) groups is 2. The smallest absolute Gasteiger partial charge is 0.325 e. The van der Waals surface area contributed by atoms with E-state index in [1.165, 1.54) is 0 Å². The maximum atomic E-state index is 13.2. The number of benzene rings is 2. The predicted octanol–water partition coefficient (Wildman–Crippen LogP) is 4.58. The normalized spacial score (nSPS) is 13.3. The van der Waals surface area contributed by atoms with Crippen LogP contribution in [0.1, 0.15) is 22.3 Å². The van der Waals surface area contributed by atoms with E-state index in [1.807, 2.05) is 51.1 Å². The average molecular weight is 616 g/mol. The molecular weight excluding hydrogens is 582 g/mol. The molecule has 46 heavy (non-hydrogen) atoms. The molecule has 1 aliphatic rings. The Labute approximate surface area is 264 Å². The molecule has 1 fully saturated rings. The van der Waals surface area contributed by atoms with E-state index in [4.69, 9.17) is 14.7 Å². The van der Waals surface area contributed by atoms with Gasteiger partial charge in [-0.25, -0.2) is 9.97 Å². The fourth-order valence-corrected chi connectivity index (χ4v) is 6.06. The number of nitrogens with zero attached hydrogens (tertiary/aromatic N) is 5. The second kappa shape index (κ2) is 12.0. The number of hydrogen-bond acceptors (Lipinski definition) is 9. The van der Waals surface area contributed by atoms with Gasteiger partial charge in [-0.05, 0) is 55.7 Å². The summed E-state index contributed by atoms with van der Waals surface area (Å²) < 4.78 is 5.87. The molecule has 6 aromatic rings. The van der Waals surface area contributed by atoms with Crippen LogP contribution in [0.5, 0.6) is 0 Å². The van der Waals surface area contributed by atoms with E-state index in [0.717, 1.165) is 72.3 Å². The Morgan fingerprint density at radius 3 is 2.43 bits per heavy atom. The van der Waals surface area contributed by atoms with Gasteiger partial charge in [-0.15, -0.1) is 0 Å². The molecule has 0 bridgehead atoms. The predicted molar refractivity (Wildman–Crippen MR) is 176 cm³/mol. The Kier molecular flexibility index (Phi) is 7.53. The molecule has 12 heteroatoms. The molecule has 0 aliphatic carbocycles. The van der Waals surface area contributed by atoms with E-state index in [9.17, 15) is 9.59 Å². The molecule has 1 aliphatic heterocycles. The second-order valence-corrected chi connectivity index (χ2v) is 11.6. The number of aromatic nitrogens is 6. The van der Waals surface area contributed by atoms with Gasteiger partial charge >= 0.3 is 5.97 Å². The van der Waals surface area contributed by atoms with Crippen LogP contribution in [0.2, 0.25) is 0 Å². The lowest BCUT2D eigenvalue weighted by Crippen LogP contribution is -2.47. The molecule has 0 atom stereocenters. The van der Waals surface area contributed by atoms with E-state index in [0.29, 0.717) is 18.8 Å². The number of pyridine rings is 2. The molecule has 7 rings (SSSR count). The highest BCUT2D eigenvalue weighted by atomic mass is 16.5. The van der Waals surface area contributed by atoms with Crippen molar-refractivity contribution in [1.29, 1.82) is 0 Å². The summed E-state index contributed by atoms with van der Waals surface area (Å²) in [4.78, 5) is 37.4. The highest BCUT2D eigenvalue weighted by Crippen LogP contribution is 2.35. The molecular formula is C34H33N9O3. The zero-order chi connectivity index (χ0) is 31.8. The highest BCUT2D eigenvalue weighted by molar-refractivity contribution is 5.99. The maximum absolute atomic E-state index is 13.2. The van der Waals surface area contributed by atoms with Crippen molar-refractivity contribution in [3.63, 3.8) is 0 Å². The number of aryl methyl sites for hydroxylation is 3. The Hall–Kier alpha value is -5.78. The lowest BCUT2D eigenvalue weighted by molar-refractivity contribution is -0.142. The fourth-order valence-electron chi connectivity index (χ4n) is 6.06. The number of ether oxygens (including phenoxy) is 1. The third-order valence-corrected chi connectivity index (χ3v) is 8.32. The molecule has 4 N–H and O–H groups in total. The van der Waals surface area contributed by atoms with Crippen LogP contribution in [0, 0.1) is 20.8 Å². The largest absolute Gasteiger partial charge is 0.459 e. The molecule has 0 saturated carbocycles. The lowest BCUT2D eigenvalue weighted by Gasteiger charge is -2.30. The minimum atomic E-state index is -0.407. The number of anilines is 2. The van der Waals surface area contributed by atoms with Gasteiger partial charge in [0.1, 0.15) is 13.2 Å². The van der Waals surface area contributed by atoms with Crippen molar-refractivity contribution in [1.82, 2.24) is 35.7 Å². The number of fused-ring (bicyclic) bond motifs is 2. The lowest BCUT2D eigenvalue weighted by atomic mass is 10.0. The second-order valence-electron chi connectivity index (χ2n) is 11.6. The summed E-state index contributed by atoms with van der Waals surface area (Å²) in [7, 11) is 0. The molecule has 232 valence electrons. The number of carbonyl (C=O) groups excluding carboxylic acids is 2. The highest BCUT2D eigenvalue weighted by Gasteiger charge is 2.22. The van der Waals surface area contributed by atoms with E-state index in [1.54, 1.807) is 24.8 Å². The van der Waals surface area contributed by atoms with Crippen molar-refractivity contribution < 1.29 is 14.3 Å². The zero-order valence-corrected chi connectivity index (χ0v) is 25.8. The number of hydrogen-bond donors (Lipinski definition) is 4. The van der Waals surface area contributed by atoms with Crippen LogP contribution in [-0.2, 0) is 20.9 Å². The Bertz CT molecular complexity index is 2090. The summed E-state index contributed by atoms with van der Waals surface area (Å²) in [6, 6.07) is 12.1. The standard InChI is InChI=1S/C34H33N9O3/c1-19-8-21(3)33-28(10-26(41-29(33)9-19)22-12-37-38-13-22)36-16-32(45)46-18-25-20(2)4-5-24-30(43-7-6-35-31(44)17-43)11-27(42-34(24)25)23-14-39-40-15-23/h4-5,8-15H,6-7,16-18H2,1-3H3,(H,35,44)(H,36,41)(H,37,38)(H,39,40). The van der Waals surface area contributed by atoms with Gasteiger partial charge in [-0.2, -0.15) is 10.2 Å². The van der Waals surface area contributed by atoms with Gasteiger partial charge in [0.15, 0.2) is 0 Å². The fraction of sp³-hybridized carbons (Fsp3) is 0.235. The van der Waals surface area contributed by atoms with E-state index < -0.39 is 5.97 Å². The van der Waals surface area contributed by atoms with Gasteiger partial charge in [0.25, 0.3) is 0 Å². The van der Waals surface area contributed by atoms with Crippen LogP contribution in [0.3, 0.4) is 0 Å². The van der Waals surface area contributed by atoms with Crippen LogP contribution < -0.4 is 15.5 Å². The van der Waals surface area contributed by atoms with E-state index in [-0.39, 0.29) is 25.6 Å². The first kappa shape index (κ1) is 29.0. The van der Waals surface area contributed by atoms with Gasteiger partial charge in [-0.1, -0.05) is 18.2 Å². The average Bonchev–Trinajstić information content (AvgIpc) is 3.78. The molecule has 1 amide bonds. The number of rotatable bonds is 8. The Morgan fingerprint density at radius 2 is 1.72 bits per heavy atom. The van der Waals surface area contributed by atoms with Gasteiger partial charge in [0.2, 0.25) is 5.91 Å². The van der Waals surface area contributed by atoms with Crippen molar-refractivity contribution >= 4 is 45.1 Å². The van der Waals surface area contributed by atoms with Crippen LogP contribution in [0.15, 0.2) is 61.2 Å². The first-order valence-electron chi connectivity index (χ1n) is 15.1. The molecule has 4 aromatic heterocycles. The summed E-state index contributed by atoms with van der Waals surface area (Å²) in [6.07, 6.45) is 7.01.